The van der Waals surface area contributed by atoms with E-state index < -0.39 is 10.0 Å². The molecule has 2 aromatic carbocycles. The van der Waals surface area contributed by atoms with Gasteiger partial charge in [-0.05, 0) is 67.6 Å². The second kappa shape index (κ2) is 11.4. The Kier molecular flexibility index (Phi) is 8.02. The second-order valence-corrected chi connectivity index (χ2v) is 11.3. The summed E-state index contributed by atoms with van der Waals surface area (Å²) in [5, 5.41) is 21.0. The molecule has 0 unspecified atom stereocenters. The normalized spacial score (nSPS) is 10.9. The summed E-state index contributed by atoms with van der Waals surface area (Å²) in [6.07, 6.45) is 0. The Balaban J connectivity index is 1.39. The van der Waals surface area contributed by atoms with Gasteiger partial charge in [-0.3, -0.25) is 9.52 Å². The minimum absolute atomic E-state index is 0.00570. The van der Waals surface area contributed by atoms with Gasteiger partial charge in [-0.1, -0.05) is 23.1 Å². The van der Waals surface area contributed by atoms with Crippen molar-refractivity contribution < 1.29 is 17.9 Å². The van der Waals surface area contributed by atoms with E-state index in [1.165, 1.54) is 24.3 Å². The second-order valence-electron chi connectivity index (χ2n) is 7.48. The summed E-state index contributed by atoms with van der Waals surface area (Å²) in [7, 11) is -2.25. The molecular weight excluding hydrogens is 533 g/mol. The highest BCUT2D eigenvalue weighted by molar-refractivity contribution is 8.00. The lowest BCUT2D eigenvalue weighted by Crippen LogP contribution is -2.15. The van der Waals surface area contributed by atoms with Crippen molar-refractivity contribution in [1.29, 1.82) is 5.26 Å². The predicted octanol–water partition coefficient (Wildman–Crippen LogP) is 4.32. The Morgan fingerprint density at radius 3 is 2.43 bits per heavy atom. The summed E-state index contributed by atoms with van der Waals surface area (Å²) in [5.74, 6) is 0.396. The number of hydrogen-bond acceptors (Lipinski definition) is 10. The number of anilines is 2. The van der Waals surface area contributed by atoms with Crippen LogP contribution in [0.1, 0.15) is 10.6 Å². The Morgan fingerprint density at radius 2 is 1.81 bits per heavy atom. The highest BCUT2D eigenvalue weighted by atomic mass is 32.2. The zero-order chi connectivity index (χ0) is 26.4. The smallest absolute Gasteiger partial charge is 0.263 e. The van der Waals surface area contributed by atoms with E-state index in [4.69, 9.17) is 4.74 Å². The van der Waals surface area contributed by atoms with Crippen LogP contribution in [0.25, 0.3) is 11.3 Å². The molecule has 13 heteroatoms. The lowest BCUT2D eigenvalue weighted by Gasteiger charge is -2.09. The predicted molar refractivity (Wildman–Crippen MR) is 142 cm³/mol. The van der Waals surface area contributed by atoms with Crippen molar-refractivity contribution in [2.45, 2.75) is 16.8 Å². The number of thioether (sulfide) groups is 1. The number of benzene rings is 2. The number of nitriles is 1. The van der Waals surface area contributed by atoms with Crippen LogP contribution in [0.4, 0.5) is 10.8 Å². The van der Waals surface area contributed by atoms with E-state index in [0.717, 1.165) is 34.4 Å². The van der Waals surface area contributed by atoms with Crippen molar-refractivity contribution in [3.63, 3.8) is 0 Å². The molecule has 0 atom stereocenters. The molecule has 37 heavy (non-hydrogen) atoms. The minimum atomic E-state index is -3.83. The van der Waals surface area contributed by atoms with Crippen molar-refractivity contribution in [2.24, 2.45) is 0 Å². The zero-order valence-corrected chi connectivity index (χ0v) is 22.1. The Bertz CT molecular complexity index is 1560. The molecule has 188 valence electrons. The third-order valence-electron chi connectivity index (χ3n) is 4.90. The molecule has 4 aromatic rings. The fourth-order valence-corrected chi connectivity index (χ4v) is 5.71. The number of aromatic nitrogens is 3. The van der Waals surface area contributed by atoms with Crippen LogP contribution in [0.15, 0.2) is 70.6 Å². The molecule has 2 aromatic heterocycles. The van der Waals surface area contributed by atoms with Crippen molar-refractivity contribution >= 4 is 49.8 Å². The van der Waals surface area contributed by atoms with Gasteiger partial charge in [-0.25, -0.2) is 13.4 Å². The number of pyridine rings is 1. The van der Waals surface area contributed by atoms with Gasteiger partial charge in [-0.2, -0.15) is 5.26 Å². The number of ether oxygens (including phenoxy) is 1. The van der Waals surface area contributed by atoms with Gasteiger partial charge < -0.3 is 10.1 Å². The molecule has 0 bridgehead atoms. The maximum absolute atomic E-state index is 12.5. The summed E-state index contributed by atoms with van der Waals surface area (Å²) in [4.78, 5) is 17.1. The third kappa shape index (κ3) is 6.62. The number of amides is 1. The molecule has 0 aliphatic heterocycles. The van der Waals surface area contributed by atoms with E-state index in [1.54, 1.807) is 26.2 Å². The first kappa shape index (κ1) is 26.1. The van der Waals surface area contributed by atoms with Crippen LogP contribution >= 0.6 is 23.1 Å². The third-order valence-corrected chi connectivity index (χ3v) is 8.13. The van der Waals surface area contributed by atoms with Crippen LogP contribution in [0, 0.1) is 18.3 Å². The molecule has 2 N–H and O–H groups in total. The number of rotatable bonds is 9. The van der Waals surface area contributed by atoms with E-state index in [-0.39, 0.29) is 21.7 Å². The molecule has 0 spiro atoms. The molecule has 10 nitrogen and oxygen atoms in total. The molecule has 0 fully saturated rings. The number of sulfonamides is 1. The average Bonchev–Trinajstić information content (AvgIpc) is 3.31. The fraction of sp³-hybridized carbons (Fsp3) is 0.125. The summed E-state index contributed by atoms with van der Waals surface area (Å²) in [6, 6.07) is 18.6. The highest BCUT2D eigenvalue weighted by Crippen LogP contribution is 2.27. The van der Waals surface area contributed by atoms with Gasteiger partial charge in [0, 0.05) is 11.3 Å². The van der Waals surface area contributed by atoms with Crippen molar-refractivity contribution in [1.82, 2.24) is 15.2 Å². The van der Waals surface area contributed by atoms with E-state index in [1.807, 2.05) is 24.3 Å². The molecule has 0 aliphatic carbocycles. The number of carbonyl (C=O) groups excluding carboxylic acids is 1. The SMILES string of the molecule is COc1ccc(-c2ccc(C#N)c(SCC(=O)Nc3ccc(S(=O)(=O)Nc4nnc(C)s4)cc3)n2)cc1. The van der Waals surface area contributed by atoms with Crippen molar-refractivity contribution in [2.75, 3.05) is 22.9 Å². The molecular formula is C24H20N6O4S3. The maximum atomic E-state index is 12.5. The summed E-state index contributed by atoms with van der Waals surface area (Å²) < 4.78 is 32.6. The van der Waals surface area contributed by atoms with Crippen LogP contribution in [-0.2, 0) is 14.8 Å². The Hall–Kier alpha value is -3.99. The first-order chi connectivity index (χ1) is 17.8. The Morgan fingerprint density at radius 1 is 1.08 bits per heavy atom. The van der Waals surface area contributed by atoms with Gasteiger partial charge in [0.05, 0.1) is 29.0 Å². The highest BCUT2D eigenvalue weighted by Gasteiger charge is 2.17. The lowest BCUT2D eigenvalue weighted by atomic mass is 10.1. The van der Waals surface area contributed by atoms with E-state index in [0.29, 0.717) is 27.0 Å². The van der Waals surface area contributed by atoms with Gasteiger partial charge in [0.25, 0.3) is 10.0 Å². The zero-order valence-electron chi connectivity index (χ0n) is 19.6. The largest absolute Gasteiger partial charge is 0.497 e. The molecule has 1 amide bonds. The van der Waals surface area contributed by atoms with Crippen molar-refractivity contribution in [3.8, 4) is 23.1 Å². The first-order valence-corrected chi connectivity index (χ1v) is 14.0. The monoisotopic (exact) mass is 552 g/mol. The van der Waals surface area contributed by atoms with E-state index >= 15 is 0 Å². The van der Waals surface area contributed by atoms with Crippen LogP contribution in [0.5, 0.6) is 5.75 Å². The van der Waals surface area contributed by atoms with Gasteiger partial charge in [0.1, 0.15) is 21.9 Å². The molecule has 2 heterocycles. The number of nitrogens with zero attached hydrogens (tertiary/aromatic N) is 4. The number of nitrogens with one attached hydrogen (secondary N) is 2. The number of aryl methyl sites for hydroxylation is 1. The molecule has 4 rings (SSSR count). The van der Waals surface area contributed by atoms with Gasteiger partial charge in [-0.15, -0.1) is 10.2 Å². The number of carbonyl (C=O) groups is 1. The van der Waals surface area contributed by atoms with Gasteiger partial charge in [0.2, 0.25) is 11.0 Å². The van der Waals surface area contributed by atoms with Gasteiger partial charge >= 0.3 is 0 Å². The molecule has 0 radical (unpaired) electrons. The first-order valence-electron chi connectivity index (χ1n) is 10.7. The summed E-state index contributed by atoms with van der Waals surface area (Å²) in [5.41, 5.74) is 2.31. The average molecular weight is 553 g/mol. The topological polar surface area (TPSA) is 147 Å². The Labute approximate surface area is 221 Å². The summed E-state index contributed by atoms with van der Waals surface area (Å²) >= 11 is 2.26. The molecule has 0 saturated heterocycles. The van der Waals surface area contributed by atoms with Crippen LogP contribution in [0.3, 0.4) is 0 Å². The number of methoxy groups -OCH3 is 1. The lowest BCUT2D eigenvalue weighted by molar-refractivity contribution is -0.113. The minimum Gasteiger partial charge on any atom is -0.497 e. The van der Waals surface area contributed by atoms with Crippen molar-refractivity contribution in [3.05, 3.63) is 71.2 Å². The van der Waals surface area contributed by atoms with E-state index in [9.17, 15) is 18.5 Å². The molecule has 0 aliphatic rings. The number of hydrogen-bond donors (Lipinski definition) is 2. The van der Waals surface area contributed by atoms with Gasteiger partial charge in [0.15, 0.2) is 0 Å². The van der Waals surface area contributed by atoms with Crippen LogP contribution in [0.2, 0.25) is 0 Å². The van der Waals surface area contributed by atoms with E-state index in [2.05, 4.69) is 31.3 Å². The summed E-state index contributed by atoms with van der Waals surface area (Å²) in [6.45, 7) is 1.72. The maximum Gasteiger partial charge on any atom is 0.263 e. The van der Waals surface area contributed by atoms with Crippen LogP contribution in [-0.4, -0.2) is 42.4 Å². The molecule has 0 saturated carbocycles. The van der Waals surface area contributed by atoms with Crippen LogP contribution < -0.4 is 14.8 Å². The fourth-order valence-electron chi connectivity index (χ4n) is 3.12. The quantitative estimate of drug-likeness (QED) is 0.290. The standard InChI is InChI=1S/C24H20N6O4S3/c1-15-28-29-24(36-15)30-37(32,33)20-10-6-18(7-11-20)26-22(31)14-35-23-17(13-25)5-12-21(27-23)16-3-8-19(34-2)9-4-16/h3-12H,14H2,1-2H3,(H,26,31)(H,29,30).